The highest BCUT2D eigenvalue weighted by molar-refractivity contribution is 5.97. The summed E-state index contributed by atoms with van der Waals surface area (Å²) in [6.45, 7) is 1.84. The number of fused-ring (bicyclic) bond motifs is 1. The van der Waals surface area contributed by atoms with Crippen LogP contribution in [0.25, 0.3) is 0 Å². The molecule has 2 unspecified atom stereocenters. The van der Waals surface area contributed by atoms with E-state index >= 15 is 0 Å². The Morgan fingerprint density at radius 2 is 1.90 bits per heavy atom. The summed E-state index contributed by atoms with van der Waals surface area (Å²) >= 11 is 0. The maximum absolute atomic E-state index is 12.4. The van der Waals surface area contributed by atoms with Crippen molar-refractivity contribution in [2.75, 3.05) is 13.1 Å². The van der Waals surface area contributed by atoms with E-state index in [1.165, 1.54) is 0 Å². The Hall–Kier alpha value is -1.27. The monoisotopic (exact) mass is 292 g/mol. The number of carbonyl (C=O) groups excluding carboxylic acids is 2. The number of hydrogen-bond donors (Lipinski definition) is 0. The van der Waals surface area contributed by atoms with E-state index in [2.05, 4.69) is 0 Å². The highest BCUT2D eigenvalue weighted by Gasteiger charge is 2.46. The van der Waals surface area contributed by atoms with E-state index < -0.39 is 31.2 Å². The van der Waals surface area contributed by atoms with Crippen LogP contribution in [0.1, 0.15) is 39.0 Å². The van der Waals surface area contributed by atoms with Gasteiger partial charge in [-0.25, -0.2) is 0 Å². The molecule has 0 aromatic carbocycles. The topological polar surface area (TPSA) is 40.6 Å². The Kier molecular flexibility index (Phi) is 4.25. The number of piperidine rings is 1. The van der Waals surface area contributed by atoms with Gasteiger partial charge in [-0.2, -0.15) is 13.2 Å². The molecule has 0 aromatic heterocycles. The lowest BCUT2D eigenvalue weighted by atomic mass is 9.94. The first kappa shape index (κ1) is 15.1. The predicted molar refractivity (Wildman–Crippen MR) is 65.8 cm³/mol. The molecular weight excluding hydrogens is 273 g/mol. The molecule has 0 radical (unpaired) electrons. The van der Waals surface area contributed by atoms with Crippen LogP contribution in [0, 0.1) is 0 Å². The van der Waals surface area contributed by atoms with E-state index in [1.807, 2.05) is 0 Å². The van der Waals surface area contributed by atoms with Crippen LogP contribution < -0.4 is 0 Å². The van der Waals surface area contributed by atoms with Gasteiger partial charge in [-0.3, -0.25) is 9.59 Å². The highest BCUT2D eigenvalue weighted by Crippen LogP contribution is 2.29. The number of hydrogen-bond acceptors (Lipinski definition) is 2. The average Bonchev–Trinajstić information content (AvgIpc) is 2.40. The zero-order valence-corrected chi connectivity index (χ0v) is 11.4. The van der Waals surface area contributed by atoms with Gasteiger partial charge in [-0.15, -0.1) is 0 Å². The molecule has 2 amide bonds. The van der Waals surface area contributed by atoms with E-state index in [4.69, 9.17) is 0 Å². The quantitative estimate of drug-likeness (QED) is 0.797. The van der Waals surface area contributed by atoms with Crippen molar-refractivity contribution in [3.63, 3.8) is 0 Å². The van der Waals surface area contributed by atoms with Gasteiger partial charge in [0.1, 0.15) is 12.1 Å². The van der Waals surface area contributed by atoms with Crippen LogP contribution in [-0.2, 0) is 9.59 Å². The molecule has 2 aliphatic heterocycles. The lowest BCUT2D eigenvalue weighted by molar-refractivity contribution is -0.169. The summed E-state index contributed by atoms with van der Waals surface area (Å²) in [5, 5.41) is 0. The predicted octanol–water partition coefficient (Wildman–Crippen LogP) is 1.94. The number of alkyl halides is 3. The zero-order chi connectivity index (χ0) is 14.9. The van der Waals surface area contributed by atoms with Crippen LogP contribution >= 0.6 is 0 Å². The molecule has 2 rings (SSSR count). The van der Waals surface area contributed by atoms with Crippen LogP contribution in [0.4, 0.5) is 13.2 Å². The smallest absolute Gasteiger partial charge is 0.329 e. The Balaban J connectivity index is 2.16. The minimum atomic E-state index is -4.31. The number of piperazine rings is 1. The van der Waals surface area contributed by atoms with Crippen molar-refractivity contribution >= 4 is 11.8 Å². The number of halogens is 3. The zero-order valence-electron chi connectivity index (χ0n) is 11.4. The molecule has 2 fully saturated rings. The summed E-state index contributed by atoms with van der Waals surface area (Å²) in [5.74, 6) is -0.514. The molecule has 0 bridgehead atoms. The van der Waals surface area contributed by atoms with Crippen LogP contribution in [0.3, 0.4) is 0 Å². The first-order valence-electron chi connectivity index (χ1n) is 7.03. The lowest BCUT2D eigenvalue weighted by Gasteiger charge is -2.47. The first-order chi connectivity index (χ1) is 9.35. The minimum Gasteiger partial charge on any atom is -0.329 e. The Morgan fingerprint density at radius 3 is 2.50 bits per heavy atom. The highest BCUT2D eigenvalue weighted by atomic mass is 19.4. The van der Waals surface area contributed by atoms with Gasteiger partial charge in [0.15, 0.2) is 0 Å². The Morgan fingerprint density at radius 1 is 1.20 bits per heavy atom. The van der Waals surface area contributed by atoms with E-state index in [1.54, 1.807) is 11.8 Å². The molecule has 2 saturated heterocycles. The molecule has 0 saturated carbocycles. The third kappa shape index (κ3) is 2.91. The van der Waals surface area contributed by atoms with Crippen molar-refractivity contribution in [1.82, 2.24) is 9.80 Å². The fraction of sp³-hybridized carbons (Fsp3) is 0.846. The lowest BCUT2D eigenvalue weighted by Crippen LogP contribution is -2.65. The van der Waals surface area contributed by atoms with Gasteiger partial charge in [-0.1, -0.05) is 6.92 Å². The molecule has 20 heavy (non-hydrogen) atoms. The molecule has 2 aliphatic rings. The standard InChI is InChI=1S/C13H19F3N2O2/c1-2-9-11(19)17-7-4-3-5-10(17)12(20)18(9)8-6-13(14,15)16/h9-10H,2-8H2,1H3. The normalized spacial score (nSPS) is 27.8. The van der Waals surface area contributed by atoms with E-state index in [0.29, 0.717) is 19.4 Å². The molecule has 4 nitrogen and oxygen atoms in total. The molecule has 2 atom stereocenters. The summed E-state index contributed by atoms with van der Waals surface area (Å²) in [4.78, 5) is 27.4. The first-order valence-corrected chi connectivity index (χ1v) is 7.03. The summed E-state index contributed by atoms with van der Waals surface area (Å²) < 4.78 is 37.1. The van der Waals surface area contributed by atoms with Gasteiger partial charge >= 0.3 is 6.18 Å². The molecule has 114 valence electrons. The summed E-state index contributed by atoms with van der Waals surface area (Å²) in [6.07, 6.45) is -2.77. The number of amides is 2. The molecule has 0 aliphatic carbocycles. The Bertz CT molecular complexity index is 398. The third-order valence-corrected chi connectivity index (χ3v) is 4.04. The fourth-order valence-electron chi connectivity index (χ4n) is 3.03. The molecule has 0 N–H and O–H groups in total. The number of rotatable bonds is 3. The summed E-state index contributed by atoms with van der Waals surface area (Å²) in [5.41, 5.74) is 0. The molecular formula is C13H19F3N2O2. The van der Waals surface area contributed by atoms with Crippen molar-refractivity contribution in [2.24, 2.45) is 0 Å². The van der Waals surface area contributed by atoms with Crippen molar-refractivity contribution in [3.05, 3.63) is 0 Å². The number of carbonyl (C=O) groups is 2. The maximum Gasteiger partial charge on any atom is 0.390 e. The summed E-state index contributed by atoms with van der Waals surface area (Å²) in [6, 6.07) is -1.29. The summed E-state index contributed by atoms with van der Waals surface area (Å²) in [7, 11) is 0. The van der Waals surface area contributed by atoms with Crippen molar-refractivity contribution < 1.29 is 22.8 Å². The van der Waals surface area contributed by atoms with Crippen molar-refractivity contribution in [2.45, 2.75) is 57.3 Å². The molecule has 7 heteroatoms. The second kappa shape index (κ2) is 5.61. The van der Waals surface area contributed by atoms with Crippen LogP contribution in [-0.4, -0.2) is 53.0 Å². The van der Waals surface area contributed by atoms with Gasteiger partial charge < -0.3 is 9.80 Å². The van der Waals surface area contributed by atoms with Gasteiger partial charge in [0.25, 0.3) is 0 Å². The number of nitrogens with zero attached hydrogens (tertiary/aromatic N) is 2. The van der Waals surface area contributed by atoms with Gasteiger partial charge in [0, 0.05) is 13.1 Å². The SMILES string of the molecule is CCC1C(=O)N2CCCCC2C(=O)N1CCC(F)(F)F. The van der Waals surface area contributed by atoms with Crippen LogP contribution in [0.15, 0.2) is 0 Å². The van der Waals surface area contributed by atoms with Gasteiger partial charge in [0.05, 0.1) is 6.42 Å². The van der Waals surface area contributed by atoms with Gasteiger partial charge in [-0.05, 0) is 25.7 Å². The van der Waals surface area contributed by atoms with Crippen molar-refractivity contribution in [1.29, 1.82) is 0 Å². The van der Waals surface area contributed by atoms with Crippen LogP contribution in [0.2, 0.25) is 0 Å². The molecule has 0 spiro atoms. The van der Waals surface area contributed by atoms with E-state index in [9.17, 15) is 22.8 Å². The minimum absolute atomic E-state index is 0.195. The third-order valence-electron chi connectivity index (χ3n) is 4.04. The molecule has 0 aromatic rings. The van der Waals surface area contributed by atoms with E-state index in [0.717, 1.165) is 17.7 Å². The fourth-order valence-corrected chi connectivity index (χ4v) is 3.03. The largest absolute Gasteiger partial charge is 0.390 e. The van der Waals surface area contributed by atoms with Crippen LogP contribution in [0.5, 0.6) is 0 Å². The van der Waals surface area contributed by atoms with Gasteiger partial charge in [0.2, 0.25) is 11.8 Å². The second-order valence-corrected chi connectivity index (χ2v) is 5.36. The average molecular weight is 292 g/mol. The Labute approximate surface area is 115 Å². The molecule has 2 heterocycles. The maximum atomic E-state index is 12.4. The van der Waals surface area contributed by atoms with E-state index in [-0.39, 0.29) is 11.8 Å². The van der Waals surface area contributed by atoms with Crippen molar-refractivity contribution in [3.8, 4) is 0 Å². The second-order valence-electron chi connectivity index (χ2n) is 5.36.